The van der Waals surface area contributed by atoms with Gasteiger partial charge in [0.2, 0.25) is 0 Å². The van der Waals surface area contributed by atoms with E-state index < -0.39 is 0 Å². The number of benzene rings is 2. The predicted octanol–water partition coefficient (Wildman–Crippen LogP) is 4.81. The summed E-state index contributed by atoms with van der Waals surface area (Å²) in [6.07, 6.45) is 1.75. The van der Waals surface area contributed by atoms with E-state index in [1.807, 2.05) is 37.3 Å². The zero-order valence-corrected chi connectivity index (χ0v) is 16.8. The number of aromatic amines is 1. The minimum Gasteiger partial charge on any atom is -0.497 e. The zero-order valence-electron chi connectivity index (χ0n) is 15.2. The second-order valence-electron chi connectivity index (χ2n) is 5.61. The van der Waals surface area contributed by atoms with E-state index in [1.165, 1.54) is 0 Å². The third-order valence-corrected chi connectivity index (χ3v) is 4.51. The summed E-state index contributed by atoms with van der Waals surface area (Å²) in [5.74, 6) is 2.43. The molecule has 1 N–H and O–H groups in total. The van der Waals surface area contributed by atoms with E-state index in [9.17, 15) is 5.26 Å². The summed E-state index contributed by atoms with van der Waals surface area (Å²) in [5, 5.41) is 9.63. The van der Waals surface area contributed by atoms with Gasteiger partial charge in [0.1, 0.15) is 17.6 Å². The van der Waals surface area contributed by atoms with E-state index >= 15 is 0 Å². The van der Waals surface area contributed by atoms with E-state index in [4.69, 9.17) is 14.2 Å². The van der Waals surface area contributed by atoms with Crippen molar-refractivity contribution in [3.05, 3.63) is 46.2 Å². The molecule has 6 nitrogen and oxygen atoms in total. The van der Waals surface area contributed by atoms with Gasteiger partial charge in [-0.1, -0.05) is 0 Å². The lowest BCUT2D eigenvalue weighted by molar-refractivity contribution is 0.309. The van der Waals surface area contributed by atoms with E-state index in [0.717, 1.165) is 26.8 Å². The fraction of sp³-hybridized carbons (Fsp3) is 0.200. The van der Waals surface area contributed by atoms with Gasteiger partial charge in [-0.05, 0) is 58.8 Å². The minimum atomic E-state index is 0.406. The maximum absolute atomic E-state index is 9.63. The first-order chi connectivity index (χ1) is 13.1. The van der Waals surface area contributed by atoms with Crippen molar-refractivity contribution in [2.45, 2.75) is 6.92 Å². The Kier molecular flexibility index (Phi) is 5.67. The molecule has 0 spiro atoms. The summed E-state index contributed by atoms with van der Waals surface area (Å²) < 4.78 is 17.0. The van der Waals surface area contributed by atoms with Gasteiger partial charge in [0.25, 0.3) is 0 Å². The van der Waals surface area contributed by atoms with Gasteiger partial charge in [0.05, 0.1) is 41.9 Å². The van der Waals surface area contributed by atoms with Crippen LogP contribution in [0.5, 0.6) is 17.2 Å². The third kappa shape index (κ3) is 3.91. The number of H-pyrrole nitrogens is 1. The van der Waals surface area contributed by atoms with Crippen molar-refractivity contribution in [2.24, 2.45) is 0 Å². The lowest BCUT2D eigenvalue weighted by Crippen LogP contribution is -1.97. The van der Waals surface area contributed by atoms with Crippen molar-refractivity contribution in [2.75, 3.05) is 20.8 Å². The number of halogens is 1. The maximum Gasteiger partial charge on any atom is 0.175 e. The molecule has 0 fully saturated rings. The van der Waals surface area contributed by atoms with Gasteiger partial charge >= 0.3 is 0 Å². The Bertz CT molecular complexity index is 1050. The molecule has 0 bridgehead atoms. The first kappa shape index (κ1) is 18.8. The summed E-state index contributed by atoms with van der Waals surface area (Å²) in [6.45, 7) is 2.43. The number of rotatable bonds is 6. The van der Waals surface area contributed by atoms with Gasteiger partial charge in [-0.15, -0.1) is 0 Å². The molecular formula is C20H18BrN3O3. The van der Waals surface area contributed by atoms with Crippen molar-refractivity contribution < 1.29 is 14.2 Å². The minimum absolute atomic E-state index is 0.406. The molecule has 2 aromatic carbocycles. The van der Waals surface area contributed by atoms with Crippen molar-refractivity contribution in [1.82, 2.24) is 9.97 Å². The van der Waals surface area contributed by atoms with Crippen LogP contribution < -0.4 is 14.2 Å². The number of ether oxygens (including phenoxy) is 3. The van der Waals surface area contributed by atoms with Gasteiger partial charge in [-0.25, -0.2) is 4.98 Å². The molecule has 138 valence electrons. The summed E-state index contributed by atoms with van der Waals surface area (Å²) in [5.41, 5.74) is 2.76. The van der Waals surface area contributed by atoms with Crippen molar-refractivity contribution >= 4 is 38.6 Å². The van der Waals surface area contributed by atoms with Crippen molar-refractivity contribution in [1.29, 1.82) is 5.26 Å². The van der Waals surface area contributed by atoms with Crippen LogP contribution in [0.1, 0.15) is 18.3 Å². The monoisotopic (exact) mass is 427 g/mol. The molecule has 1 aromatic heterocycles. The summed E-state index contributed by atoms with van der Waals surface area (Å²) in [7, 11) is 3.19. The number of nitrogens with zero attached hydrogens (tertiary/aromatic N) is 2. The second kappa shape index (κ2) is 8.14. The van der Waals surface area contributed by atoms with Gasteiger partial charge < -0.3 is 19.2 Å². The third-order valence-electron chi connectivity index (χ3n) is 3.92. The Morgan fingerprint density at radius 1 is 1.26 bits per heavy atom. The number of hydrogen-bond donors (Lipinski definition) is 1. The lowest BCUT2D eigenvalue weighted by atomic mass is 10.1. The smallest absolute Gasteiger partial charge is 0.175 e. The average Bonchev–Trinajstić information content (AvgIpc) is 3.10. The first-order valence-corrected chi connectivity index (χ1v) is 9.05. The summed E-state index contributed by atoms with van der Waals surface area (Å²) in [4.78, 5) is 7.66. The highest BCUT2D eigenvalue weighted by Crippen LogP contribution is 2.37. The Morgan fingerprint density at radius 3 is 2.74 bits per heavy atom. The molecule has 3 rings (SSSR count). The van der Waals surface area contributed by atoms with Crippen molar-refractivity contribution in [3.63, 3.8) is 0 Å². The molecule has 0 atom stereocenters. The molecule has 0 unspecified atom stereocenters. The highest BCUT2D eigenvalue weighted by Gasteiger charge is 2.13. The number of methoxy groups -OCH3 is 2. The van der Waals surface area contributed by atoms with Crippen LogP contribution in [0.25, 0.3) is 22.7 Å². The number of imidazole rings is 1. The Balaban J connectivity index is 2.04. The topological polar surface area (TPSA) is 80.2 Å². The first-order valence-electron chi connectivity index (χ1n) is 8.25. The number of fused-ring (bicyclic) bond motifs is 1. The fourth-order valence-electron chi connectivity index (χ4n) is 2.67. The fourth-order valence-corrected chi connectivity index (χ4v) is 3.25. The van der Waals surface area contributed by atoms with Gasteiger partial charge in [0.15, 0.2) is 11.5 Å². The van der Waals surface area contributed by atoms with Crippen LogP contribution in [0, 0.1) is 11.3 Å². The van der Waals surface area contributed by atoms with Gasteiger partial charge in [-0.2, -0.15) is 5.26 Å². The van der Waals surface area contributed by atoms with Crippen LogP contribution in [-0.4, -0.2) is 30.8 Å². The molecule has 0 saturated carbocycles. The summed E-state index contributed by atoms with van der Waals surface area (Å²) in [6, 6.07) is 11.4. The lowest BCUT2D eigenvalue weighted by Gasteiger charge is -2.12. The molecule has 1 heterocycles. The Labute approximate surface area is 165 Å². The van der Waals surface area contributed by atoms with Crippen molar-refractivity contribution in [3.8, 4) is 23.3 Å². The number of nitriles is 1. The molecule has 27 heavy (non-hydrogen) atoms. The average molecular weight is 428 g/mol. The van der Waals surface area contributed by atoms with Crippen LogP contribution in [0.2, 0.25) is 0 Å². The molecule has 0 aliphatic heterocycles. The van der Waals surface area contributed by atoms with E-state index in [-0.39, 0.29) is 0 Å². The Morgan fingerprint density at radius 2 is 2.07 bits per heavy atom. The highest BCUT2D eigenvalue weighted by molar-refractivity contribution is 9.10. The maximum atomic E-state index is 9.63. The quantitative estimate of drug-likeness (QED) is 0.571. The van der Waals surface area contributed by atoms with E-state index in [2.05, 4.69) is 32.0 Å². The SMILES string of the molecule is CCOc1c(Br)cc(/C=C(/C#N)c2nc3ccc(OC)cc3[nH]2)cc1OC. The second-order valence-corrected chi connectivity index (χ2v) is 6.46. The predicted molar refractivity (Wildman–Crippen MR) is 108 cm³/mol. The van der Waals surface area contributed by atoms with E-state index in [0.29, 0.717) is 29.5 Å². The number of nitrogens with one attached hydrogen (secondary N) is 1. The molecule has 3 aromatic rings. The van der Waals surface area contributed by atoms with Crippen LogP contribution in [0.4, 0.5) is 0 Å². The number of hydrogen-bond acceptors (Lipinski definition) is 5. The molecule has 0 radical (unpaired) electrons. The normalized spacial score (nSPS) is 11.3. The van der Waals surface area contributed by atoms with E-state index in [1.54, 1.807) is 20.3 Å². The van der Waals surface area contributed by atoms with Gasteiger partial charge in [0, 0.05) is 6.07 Å². The molecular weight excluding hydrogens is 410 g/mol. The van der Waals surface area contributed by atoms with Gasteiger partial charge in [-0.3, -0.25) is 0 Å². The standard InChI is InChI=1S/C20H18BrN3O3/c1-4-27-19-15(21)8-12(9-18(19)26-3)7-13(11-22)20-23-16-6-5-14(25-2)10-17(16)24-20/h5-10H,4H2,1-3H3,(H,23,24)/b13-7-. The number of allylic oxidation sites excluding steroid dienone is 1. The van der Waals surface area contributed by atoms with Crippen LogP contribution in [0.3, 0.4) is 0 Å². The number of aromatic nitrogens is 2. The van der Waals surface area contributed by atoms with Crippen LogP contribution in [0.15, 0.2) is 34.8 Å². The molecule has 7 heteroatoms. The molecule has 0 amide bonds. The molecule has 0 saturated heterocycles. The van der Waals surface area contributed by atoms with Crippen LogP contribution in [-0.2, 0) is 0 Å². The molecule has 0 aliphatic carbocycles. The summed E-state index contributed by atoms with van der Waals surface area (Å²) >= 11 is 3.50. The Hall–Kier alpha value is -2.98. The highest BCUT2D eigenvalue weighted by atomic mass is 79.9. The molecule has 0 aliphatic rings. The zero-order chi connectivity index (χ0) is 19.4. The van der Waals surface area contributed by atoms with Crippen LogP contribution >= 0.6 is 15.9 Å². The largest absolute Gasteiger partial charge is 0.497 e.